The molecule has 4 heteroatoms. The summed E-state index contributed by atoms with van der Waals surface area (Å²) in [5.74, 6) is -0.0785. The molecule has 0 aromatic heterocycles. The van der Waals surface area contributed by atoms with Crippen molar-refractivity contribution in [3.8, 4) is 0 Å². The van der Waals surface area contributed by atoms with Gasteiger partial charge in [-0.15, -0.1) is 0 Å². The molecule has 0 heterocycles. The molecule has 0 radical (unpaired) electrons. The quantitative estimate of drug-likeness (QED) is 0.0425. The van der Waals surface area contributed by atoms with E-state index in [0.717, 1.165) is 38.5 Å². The minimum atomic E-state index is -0.866. The monoisotopic (exact) mass is 784 g/mol. The number of hydrogen-bond donors (Lipinski definition) is 3. The second-order valence-electron chi connectivity index (χ2n) is 16.9. The van der Waals surface area contributed by atoms with Gasteiger partial charge in [-0.1, -0.05) is 235 Å². The standard InChI is InChI=1S/C52H97NO3/c1-3-5-7-9-11-13-14-15-16-17-18-19-20-21-22-23-24-25-26-27-28-29-30-31-32-33-34-35-36-37-38-40-42-44-46-48-52(56)53-50(49-54)51(55)47-45-43-41-39-12-10-8-6-4-2/h4,6,12,17-18,39,45,47,50-51,54-55H,3,5,7-11,13-16,19-38,40-44,46,48-49H2,1-2H3,(H,53,56)/b6-4+,18-17-,39-12+,47-45+. The minimum Gasteiger partial charge on any atom is -0.394 e. The fourth-order valence-corrected chi connectivity index (χ4v) is 7.57. The summed E-state index contributed by atoms with van der Waals surface area (Å²) < 4.78 is 0. The van der Waals surface area contributed by atoms with Crippen molar-refractivity contribution < 1.29 is 15.0 Å². The third kappa shape index (κ3) is 43.5. The maximum Gasteiger partial charge on any atom is 0.220 e. The summed E-state index contributed by atoms with van der Waals surface area (Å²) in [6.45, 7) is 4.07. The SMILES string of the molecule is C/C=C/CC/C=C/CC/C=C/C(O)C(CO)NC(=O)CCCCCCCCCCCCCCCCCCCCCCCCC/C=C\CCCCCCCCCC. The maximum absolute atomic E-state index is 12.3. The number of nitrogens with one attached hydrogen (secondary N) is 1. The lowest BCUT2D eigenvalue weighted by Gasteiger charge is -2.19. The number of aliphatic hydroxyl groups is 2. The van der Waals surface area contributed by atoms with E-state index in [0.29, 0.717) is 6.42 Å². The molecular weight excluding hydrogens is 687 g/mol. The molecule has 0 aromatic rings. The molecule has 1 amide bonds. The lowest BCUT2D eigenvalue weighted by Crippen LogP contribution is -2.45. The summed E-state index contributed by atoms with van der Waals surface area (Å²) in [6.07, 6.45) is 65.8. The van der Waals surface area contributed by atoms with Crippen LogP contribution in [0.4, 0.5) is 0 Å². The first-order valence-corrected chi connectivity index (χ1v) is 24.8. The summed E-state index contributed by atoms with van der Waals surface area (Å²) >= 11 is 0. The summed E-state index contributed by atoms with van der Waals surface area (Å²) in [7, 11) is 0. The van der Waals surface area contributed by atoms with Crippen LogP contribution in [-0.2, 0) is 4.79 Å². The molecule has 0 fully saturated rings. The molecule has 0 aromatic carbocycles. The molecule has 56 heavy (non-hydrogen) atoms. The Kier molecular flexibility index (Phi) is 46.3. The molecule has 4 nitrogen and oxygen atoms in total. The van der Waals surface area contributed by atoms with Crippen LogP contribution < -0.4 is 5.32 Å². The normalized spacial score (nSPS) is 13.3. The topological polar surface area (TPSA) is 69.6 Å². The van der Waals surface area contributed by atoms with Crippen molar-refractivity contribution in [1.82, 2.24) is 5.32 Å². The number of rotatable bonds is 45. The number of carbonyl (C=O) groups excluding carboxylic acids is 1. The van der Waals surface area contributed by atoms with Crippen LogP contribution in [0.5, 0.6) is 0 Å². The predicted octanol–water partition coefficient (Wildman–Crippen LogP) is 15.9. The first kappa shape index (κ1) is 54.3. The number of unbranched alkanes of at least 4 members (excludes halogenated alkanes) is 33. The summed E-state index contributed by atoms with van der Waals surface area (Å²) in [5, 5.41) is 22.8. The van der Waals surface area contributed by atoms with Crippen LogP contribution in [0.25, 0.3) is 0 Å². The number of hydrogen-bond acceptors (Lipinski definition) is 3. The molecule has 0 saturated carbocycles. The number of allylic oxidation sites excluding steroid dienone is 7. The molecule has 0 rings (SSSR count). The first-order valence-electron chi connectivity index (χ1n) is 24.8. The zero-order chi connectivity index (χ0) is 40.7. The molecule has 0 aliphatic heterocycles. The lowest BCUT2D eigenvalue weighted by molar-refractivity contribution is -0.123. The average Bonchev–Trinajstić information content (AvgIpc) is 3.20. The maximum atomic E-state index is 12.3. The minimum absolute atomic E-state index is 0.0785. The third-order valence-electron chi connectivity index (χ3n) is 11.4. The highest BCUT2D eigenvalue weighted by atomic mass is 16.3. The van der Waals surface area contributed by atoms with Gasteiger partial charge in [0.25, 0.3) is 0 Å². The molecule has 2 atom stereocenters. The Balaban J connectivity index is 3.37. The Labute approximate surface area is 350 Å². The van der Waals surface area contributed by atoms with Gasteiger partial charge in [0.15, 0.2) is 0 Å². The second-order valence-corrected chi connectivity index (χ2v) is 16.9. The first-order chi connectivity index (χ1) is 27.7. The van der Waals surface area contributed by atoms with Gasteiger partial charge >= 0.3 is 0 Å². The number of aliphatic hydroxyl groups excluding tert-OH is 2. The Bertz CT molecular complexity index is 893. The molecule has 0 aliphatic rings. The average molecular weight is 784 g/mol. The van der Waals surface area contributed by atoms with E-state index in [1.54, 1.807) is 6.08 Å². The highest BCUT2D eigenvalue weighted by Gasteiger charge is 2.17. The highest BCUT2D eigenvalue weighted by Crippen LogP contribution is 2.16. The Hall–Kier alpha value is -1.65. The molecule has 0 aliphatic carbocycles. The van der Waals surface area contributed by atoms with E-state index >= 15 is 0 Å². The van der Waals surface area contributed by atoms with Crippen molar-refractivity contribution in [1.29, 1.82) is 0 Å². The fraction of sp³-hybridized carbons (Fsp3) is 0.827. The number of amides is 1. The van der Waals surface area contributed by atoms with Crippen LogP contribution in [-0.4, -0.2) is 34.9 Å². The van der Waals surface area contributed by atoms with E-state index < -0.39 is 12.1 Å². The van der Waals surface area contributed by atoms with Gasteiger partial charge in [-0.25, -0.2) is 0 Å². The van der Waals surface area contributed by atoms with Gasteiger partial charge in [-0.2, -0.15) is 0 Å². The van der Waals surface area contributed by atoms with Gasteiger partial charge in [0.05, 0.1) is 18.8 Å². The van der Waals surface area contributed by atoms with Gasteiger partial charge < -0.3 is 15.5 Å². The van der Waals surface area contributed by atoms with Crippen molar-refractivity contribution in [2.75, 3.05) is 6.61 Å². The summed E-state index contributed by atoms with van der Waals surface area (Å²) in [6, 6.07) is -0.642. The molecule has 0 spiro atoms. The lowest BCUT2D eigenvalue weighted by atomic mass is 10.0. The second kappa shape index (κ2) is 47.7. The van der Waals surface area contributed by atoms with Crippen LogP contribution in [0.3, 0.4) is 0 Å². The Morgan fingerprint density at radius 3 is 1.14 bits per heavy atom. The van der Waals surface area contributed by atoms with Crippen LogP contribution in [0.15, 0.2) is 48.6 Å². The van der Waals surface area contributed by atoms with Crippen molar-refractivity contribution in [3.05, 3.63) is 48.6 Å². The zero-order valence-electron chi connectivity index (χ0n) is 37.7. The zero-order valence-corrected chi connectivity index (χ0v) is 37.7. The van der Waals surface area contributed by atoms with Crippen molar-refractivity contribution in [3.63, 3.8) is 0 Å². The van der Waals surface area contributed by atoms with Gasteiger partial charge in [0.1, 0.15) is 0 Å². The Morgan fingerprint density at radius 1 is 0.446 bits per heavy atom. The molecule has 0 saturated heterocycles. The van der Waals surface area contributed by atoms with E-state index in [2.05, 4.69) is 48.7 Å². The van der Waals surface area contributed by atoms with Crippen LogP contribution >= 0.6 is 0 Å². The van der Waals surface area contributed by atoms with Crippen molar-refractivity contribution in [2.24, 2.45) is 0 Å². The van der Waals surface area contributed by atoms with E-state index in [1.807, 2.05) is 13.0 Å². The van der Waals surface area contributed by atoms with Crippen molar-refractivity contribution in [2.45, 2.75) is 270 Å². The molecule has 328 valence electrons. The molecule has 0 bridgehead atoms. The van der Waals surface area contributed by atoms with Gasteiger partial charge in [0, 0.05) is 6.42 Å². The van der Waals surface area contributed by atoms with Gasteiger partial charge in [0.2, 0.25) is 5.91 Å². The van der Waals surface area contributed by atoms with Crippen LogP contribution in [0.1, 0.15) is 258 Å². The number of carbonyl (C=O) groups is 1. The van der Waals surface area contributed by atoms with Crippen molar-refractivity contribution >= 4 is 5.91 Å². The molecular formula is C52H97NO3. The predicted molar refractivity (Wildman–Crippen MR) is 248 cm³/mol. The largest absolute Gasteiger partial charge is 0.394 e. The van der Waals surface area contributed by atoms with E-state index in [9.17, 15) is 15.0 Å². The van der Waals surface area contributed by atoms with Crippen LogP contribution in [0, 0.1) is 0 Å². The highest BCUT2D eigenvalue weighted by molar-refractivity contribution is 5.76. The third-order valence-corrected chi connectivity index (χ3v) is 11.4. The van der Waals surface area contributed by atoms with Gasteiger partial charge in [-0.05, 0) is 64.7 Å². The smallest absolute Gasteiger partial charge is 0.220 e. The summed E-state index contributed by atoms with van der Waals surface area (Å²) in [4.78, 5) is 12.3. The van der Waals surface area contributed by atoms with Crippen LogP contribution in [0.2, 0.25) is 0 Å². The van der Waals surface area contributed by atoms with E-state index in [1.165, 1.54) is 199 Å². The molecule has 3 N–H and O–H groups in total. The fourth-order valence-electron chi connectivity index (χ4n) is 7.57. The molecule has 2 unspecified atom stereocenters. The van der Waals surface area contributed by atoms with Gasteiger partial charge in [-0.3, -0.25) is 4.79 Å². The van der Waals surface area contributed by atoms with E-state index in [-0.39, 0.29) is 12.5 Å². The summed E-state index contributed by atoms with van der Waals surface area (Å²) in [5.41, 5.74) is 0. The Morgan fingerprint density at radius 2 is 0.768 bits per heavy atom. The van der Waals surface area contributed by atoms with E-state index in [4.69, 9.17) is 0 Å².